The predicted molar refractivity (Wildman–Crippen MR) is 113 cm³/mol. The maximum atomic E-state index is 6.72. The van der Waals surface area contributed by atoms with Crippen LogP contribution in [0.5, 0.6) is 17.2 Å². The largest absolute Gasteiger partial charge is 0.466 e. The van der Waals surface area contributed by atoms with Gasteiger partial charge in [0.1, 0.15) is 5.75 Å². The molecule has 6 rings (SSSR count). The lowest BCUT2D eigenvalue weighted by Gasteiger charge is -2.50. The van der Waals surface area contributed by atoms with E-state index in [1.54, 1.807) is 4.90 Å². The van der Waals surface area contributed by atoms with Gasteiger partial charge in [0, 0.05) is 17.5 Å². The summed E-state index contributed by atoms with van der Waals surface area (Å²) < 4.78 is 17.8. The molecule has 1 spiro atoms. The van der Waals surface area contributed by atoms with Crippen molar-refractivity contribution in [2.45, 2.75) is 50.9 Å². The van der Waals surface area contributed by atoms with Crippen molar-refractivity contribution in [1.29, 1.82) is 0 Å². The van der Waals surface area contributed by atoms with Gasteiger partial charge in [-0.3, -0.25) is 0 Å². The number of hydrogen-bond acceptors (Lipinski definition) is 5. The molecular weight excluding hydrogens is 378 g/mol. The molecule has 0 unspecified atom stereocenters. The van der Waals surface area contributed by atoms with Crippen LogP contribution in [0.3, 0.4) is 0 Å². The fourth-order valence-corrected chi connectivity index (χ4v) is 5.35. The minimum Gasteiger partial charge on any atom is -0.466 e. The number of quaternary nitrogens is 1. The Morgan fingerprint density at radius 2 is 1.83 bits per heavy atom. The van der Waals surface area contributed by atoms with Crippen LogP contribution >= 0.6 is 0 Å². The number of rotatable bonds is 2. The summed E-state index contributed by atoms with van der Waals surface area (Å²) in [5.74, 6) is 2.64. The van der Waals surface area contributed by atoms with E-state index in [2.05, 4.69) is 55.3 Å². The normalized spacial score (nSPS) is 28.9. The van der Waals surface area contributed by atoms with E-state index in [1.807, 2.05) is 6.07 Å². The zero-order valence-electron chi connectivity index (χ0n) is 17.6. The molecule has 0 bridgehead atoms. The third kappa shape index (κ3) is 2.70. The van der Waals surface area contributed by atoms with Crippen LogP contribution in [-0.4, -0.2) is 42.4 Å². The van der Waals surface area contributed by atoms with Gasteiger partial charge in [-0.2, -0.15) is 5.10 Å². The zero-order valence-corrected chi connectivity index (χ0v) is 17.6. The van der Waals surface area contributed by atoms with Crippen molar-refractivity contribution in [1.82, 2.24) is 5.01 Å². The first-order valence-corrected chi connectivity index (χ1v) is 11.0. The van der Waals surface area contributed by atoms with Crippen LogP contribution in [0.25, 0.3) is 0 Å². The van der Waals surface area contributed by atoms with E-state index in [1.165, 1.54) is 5.56 Å². The van der Waals surface area contributed by atoms with Crippen molar-refractivity contribution in [3.8, 4) is 17.2 Å². The van der Waals surface area contributed by atoms with Crippen LogP contribution in [-0.2, 0) is 0 Å². The van der Waals surface area contributed by atoms with Gasteiger partial charge in [0.25, 0.3) is 0 Å². The average Bonchev–Trinajstić information content (AvgIpc) is 3.41. The number of para-hydroxylation sites is 1. The summed E-state index contributed by atoms with van der Waals surface area (Å²) in [6, 6.07) is 15.5. The molecule has 2 aromatic rings. The number of hydrogen-bond donors (Lipinski definition) is 1. The number of likely N-dealkylation sites (tertiary alicyclic amines) is 1. The molecule has 1 fully saturated rings. The number of nitrogens with zero attached hydrogens (tertiary/aromatic N) is 2. The molecule has 4 heterocycles. The van der Waals surface area contributed by atoms with Gasteiger partial charge < -0.3 is 19.1 Å². The van der Waals surface area contributed by atoms with Crippen LogP contribution in [0, 0.1) is 0 Å². The number of piperidine rings is 1. The Labute approximate surface area is 177 Å². The highest BCUT2D eigenvalue weighted by atomic mass is 16.7. The van der Waals surface area contributed by atoms with E-state index >= 15 is 0 Å². The first-order chi connectivity index (χ1) is 14.6. The Balaban J connectivity index is 1.38. The number of benzene rings is 2. The van der Waals surface area contributed by atoms with E-state index < -0.39 is 0 Å². The smallest absolute Gasteiger partial charge is 0.231 e. The first-order valence-electron chi connectivity index (χ1n) is 11.0. The van der Waals surface area contributed by atoms with Gasteiger partial charge in [-0.25, -0.2) is 5.01 Å². The molecular formula is C24H28N3O3+. The van der Waals surface area contributed by atoms with Crippen LogP contribution in [0.4, 0.5) is 0 Å². The molecule has 0 saturated carbocycles. The molecule has 4 aliphatic rings. The van der Waals surface area contributed by atoms with Crippen molar-refractivity contribution in [3.63, 3.8) is 0 Å². The SMILES string of the molecule is CC(C)[NH+]1CCC2(CC1)Oc1ccccc1[C@@H]1CC(c3ccc4c(c3)OCO4)=NN12. The summed E-state index contributed by atoms with van der Waals surface area (Å²) in [6.07, 6.45) is 2.86. The molecule has 6 nitrogen and oxygen atoms in total. The molecule has 0 radical (unpaired) electrons. The highest BCUT2D eigenvalue weighted by molar-refractivity contribution is 6.02. The van der Waals surface area contributed by atoms with Crippen molar-refractivity contribution in [2.75, 3.05) is 19.9 Å². The summed E-state index contributed by atoms with van der Waals surface area (Å²) in [6.45, 7) is 7.12. The van der Waals surface area contributed by atoms with E-state index in [4.69, 9.17) is 19.3 Å². The van der Waals surface area contributed by atoms with Gasteiger partial charge in [0.15, 0.2) is 11.5 Å². The second-order valence-electron chi connectivity index (χ2n) is 9.08. The molecule has 1 saturated heterocycles. The zero-order chi connectivity index (χ0) is 20.3. The lowest BCUT2D eigenvalue weighted by Crippen LogP contribution is -3.16. The maximum absolute atomic E-state index is 6.72. The van der Waals surface area contributed by atoms with Gasteiger partial charge in [-0.05, 0) is 38.1 Å². The molecule has 1 N–H and O–H groups in total. The molecule has 0 aromatic heterocycles. The summed E-state index contributed by atoms with van der Waals surface area (Å²) in [5.41, 5.74) is 3.08. The molecule has 1 atom stereocenters. The quantitative estimate of drug-likeness (QED) is 0.833. The van der Waals surface area contributed by atoms with E-state index in [0.29, 0.717) is 12.8 Å². The maximum Gasteiger partial charge on any atom is 0.231 e. The van der Waals surface area contributed by atoms with Crippen molar-refractivity contribution in [3.05, 3.63) is 53.6 Å². The van der Waals surface area contributed by atoms with Gasteiger partial charge in [-0.1, -0.05) is 18.2 Å². The molecule has 6 heteroatoms. The van der Waals surface area contributed by atoms with Gasteiger partial charge in [0.05, 0.1) is 43.7 Å². The van der Waals surface area contributed by atoms with Gasteiger partial charge in [-0.15, -0.1) is 0 Å². The van der Waals surface area contributed by atoms with Crippen molar-refractivity contribution >= 4 is 5.71 Å². The average molecular weight is 407 g/mol. The minimum absolute atomic E-state index is 0.218. The van der Waals surface area contributed by atoms with E-state index in [-0.39, 0.29) is 11.8 Å². The van der Waals surface area contributed by atoms with E-state index in [9.17, 15) is 0 Å². The lowest BCUT2D eigenvalue weighted by molar-refractivity contribution is -0.929. The summed E-state index contributed by atoms with van der Waals surface area (Å²) in [4.78, 5) is 1.65. The second kappa shape index (κ2) is 6.64. The Hall–Kier alpha value is -2.73. The standard InChI is InChI=1S/C24H27N3O3/c1-16(2)26-11-9-24(10-12-26)27-20(18-5-3-4-6-21(18)30-24)14-19(25-27)17-7-8-22-23(13-17)29-15-28-22/h3-8,13,16,20H,9-12,14-15H2,1-2H3/p+1/t20-/m0/s1. The molecule has 4 aliphatic heterocycles. The molecule has 156 valence electrons. The van der Waals surface area contributed by atoms with Crippen LogP contribution < -0.4 is 19.1 Å². The molecule has 0 amide bonds. The highest BCUT2D eigenvalue weighted by Crippen LogP contribution is 2.49. The highest BCUT2D eigenvalue weighted by Gasteiger charge is 2.53. The first kappa shape index (κ1) is 18.1. The third-order valence-corrected chi connectivity index (χ3v) is 7.10. The molecule has 30 heavy (non-hydrogen) atoms. The molecule has 0 aliphatic carbocycles. The minimum atomic E-state index is -0.352. The van der Waals surface area contributed by atoms with Gasteiger partial charge in [0.2, 0.25) is 12.5 Å². The lowest BCUT2D eigenvalue weighted by atomic mass is 9.90. The Morgan fingerprint density at radius 3 is 2.67 bits per heavy atom. The van der Waals surface area contributed by atoms with Crippen molar-refractivity contribution in [2.24, 2.45) is 5.10 Å². The summed E-state index contributed by atoms with van der Waals surface area (Å²) in [7, 11) is 0. The Bertz CT molecular complexity index is 1010. The summed E-state index contributed by atoms with van der Waals surface area (Å²) >= 11 is 0. The number of nitrogens with one attached hydrogen (secondary N) is 1. The molecule has 2 aromatic carbocycles. The fraction of sp³-hybridized carbons (Fsp3) is 0.458. The van der Waals surface area contributed by atoms with Crippen LogP contribution in [0.1, 0.15) is 50.3 Å². The predicted octanol–water partition coefficient (Wildman–Crippen LogP) is 2.74. The second-order valence-corrected chi connectivity index (χ2v) is 9.08. The van der Waals surface area contributed by atoms with Crippen LogP contribution in [0.15, 0.2) is 47.6 Å². The summed E-state index contributed by atoms with van der Waals surface area (Å²) in [5, 5.41) is 7.45. The topological polar surface area (TPSA) is 47.7 Å². The Morgan fingerprint density at radius 1 is 1.03 bits per heavy atom. The fourth-order valence-electron chi connectivity index (χ4n) is 5.35. The van der Waals surface area contributed by atoms with Crippen molar-refractivity contribution < 1.29 is 19.1 Å². The van der Waals surface area contributed by atoms with E-state index in [0.717, 1.165) is 60.9 Å². The Kier molecular flexibility index (Phi) is 4.00. The number of ether oxygens (including phenoxy) is 3. The third-order valence-electron chi connectivity index (χ3n) is 7.10. The number of fused-ring (bicyclic) bond motifs is 5. The monoisotopic (exact) mass is 406 g/mol. The van der Waals surface area contributed by atoms with Gasteiger partial charge >= 0.3 is 0 Å². The van der Waals surface area contributed by atoms with Crippen LogP contribution in [0.2, 0.25) is 0 Å². The number of hydrazone groups is 1.